The monoisotopic (exact) mass is 530 g/mol. The molecule has 1 amide bonds. The van der Waals surface area contributed by atoms with E-state index in [1.165, 1.54) is 20.3 Å². The Morgan fingerprint density at radius 3 is 2.49 bits per heavy atom. The summed E-state index contributed by atoms with van der Waals surface area (Å²) in [7, 11) is -0.954. The van der Waals surface area contributed by atoms with Crippen LogP contribution in [0.1, 0.15) is 62.2 Å². The molecule has 2 aliphatic rings. The fourth-order valence-corrected chi connectivity index (χ4v) is 7.25. The van der Waals surface area contributed by atoms with Crippen molar-refractivity contribution in [3.63, 3.8) is 0 Å². The first-order chi connectivity index (χ1) is 17.9. The van der Waals surface area contributed by atoms with Crippen molar-refractivity contribution in [2.45, 2.75) is 68.9 Å². The lowest BCUT2D eigenvalue weighted by molar-refractivity contribution is 0.0636. The van der Waals surface area contributed by atoms with Gasteiger partial charge in [0.15, 0.2) is 0 Å². The largest absolute Gasteiger partial charge is 0.497 e. The molecule has 0 bridgehead atoms. The van der Waals surface area contributed by atoms with Gasteiger partial charge in [0.2, 0.25) is 10.0 Å². The number of carbonyl (C=O) groups excluding carboxylic acids is 1. The van der Waals surface area contributed by atoms with Crippen molar-refractivity contribution >= 4 is 15.9 Å². The molecular formula is C28H38N2O6S. The molecule has 0 aromatic heterocycles. The first kappa shape index (κ1) is 27.3. The van der Waals surface area contributed by atoms with E-state index in [0.717, 1.165) is 19.3 Å². The van der Waals surface area contributed by atoms with Gasteiger partial charge in [-0.2, -0.15) is 4.31 Å². The summed E-state index contributed by atoms with van der Waals surface area (Å²) >= 11 is 0. The molecule has 2 aromatic carbocycles. The average Bonchev–Trinajstić information content (AvgIpc) is 2.91. The minimum absolute atomic E-state index is 0.0315. The second kappa shape index (κ2) is 12.2. The summed E-state index contributed by atoms with van der Waals surface area (Å²) in [6.07, 6.45) is 5.06. The van der Waals surface area contributed by atoms with Crippen LogP contribution in [0.3, 0.4) is 0 Å². The minimum atomic E-state index is -3.94. The molecule has 202 valence electrons. The lowest BCUT2D eigenvalue weighted by atomic mass is 9.92. The van der Waals surface area contributed by atoms with Gasteiger partial charge in [-0.15, -0.1) is 0 Å². The highest BCUT2D eigenvalue weighted by Gasteiger charge is 2.40. The summed E-state index contributed by atoms with van der Waals surface area (Å²) in [5, 5.41) is 0. The molecule has 8 nitrogen and oxygen atoms in total. The van der Waals surface area contributed by atoms with Crippen LogP contribution in [0.25, 0.3) is 0 Å². The van der Waals surface area contributed by atoms with Crippen LogP contribution in [-0.4, -0.2) is 69.5 Å². The Morgan fingerprint density at radius 2 is 1.73 bits per heavy atom. The van der Waals surface area contributed by atoms with Gasteiger partial charge in [0, 0.05) is 25.7 Å². The third kappa shape index (κ3) is 5.88. The second-order valence-corrected chi connectivity index (χ2v) is 11.5. The Balaban J connectivity index is 1.78. The first-order valence-corrected chi connectivity index (χ1v) is 14.6. The van der Waals surface area contributed by atoms with E-state index in [2.05, 4.69) is 0 Å². The number of hydrogen-bond donors (Lipinski definition) is 0. The van der Waals surface area contributed by atoms with Crippen LogP contribution in [0.15, 0.2) is 47.4 Å². The number of rotatable bonds is 6. The molecule has 0 spiro atoms. The van der Waals surface area contributed by atoms with E-state index in [9.17, 15) is 13.2 Å². The van der Waals surface area contributed by atoms with E-state index >= 15 is 0 Å². The summed E-state index contributed by atoms with van der Waals surface area (Å²) < 4.78 is 47.4. The molecule has 2 aromatic rings. The Bertz CT molecular complexity index is 1180. The van der Waals surface area contributed by atoms with Gasteiger partial charge in [0.05, 0.1) is 25.8 Å². The number of fused-ring (bicyclic) bond motifs is 2. The molecule has 1 heterocycles. The summed E-state index contributed by atoms with van der Waals surface area (Å²) in [6, 6.07) is 11.8. The molecule has 37 heavy (non-hydrogen) atoms. The van der Waals surface area contributed by atoms with Crippen molar-refractivity contribution in [3.05, 3.63) is 48.0 Å². The predicted molar refractivity (Wildman–Crippen MR) is 142 cm³/mol. The minimum Gasteiger partial charge on any atom is -0.497 e. The van der Waals surface area contributed by atoms with E-state index in [0.29, 0.717) is 62.4 Å². The molecule has 4 rings (SSSR count). The molecular weight excluding hydrogens is 492 g/mol. The van der Waals surface area contributed by atoms with Crippen molar-refractivity contribution in [1.82, 2.24) is 9.21 Å². The SMILES string of the molecule is CCCN1CCCCN(S(=O)(=O)c2cc(OC)ccc2OC)[C@@H]2CCCC[C@@H]2Oc2ccccc2C1=O. The number of benzene rings is 2. The Hall–Kier alpha value is -2.78. The number of nitrogens with zero attached hydrogens (tertiary/aromatic N) is 2. The normalized spacial score (nSPS) is 21.6. The number of hydrogen-bond acceptors (Lipinski definition) is 6. The van der Waals surface area contributed by atoms with E-state index in [1.807, 2.05) is 30.0 Å². The average molecular weight is 531 g/mol. The lowest BCUT2D eigenvalue weighted by Crippen LogP contribution is -2.51. The van der Waals surface area contributed by atoms with Gasteiger partial charge in [-0.25, -0.2) is 8.42 Å². The molecule has 0 unspecified atom stereocenters. The van der Waals surface area contributed by atoms with Crippen LogP contribution in [0.2, 0.25) is 0 Å². The zero-order valence-electron chi connectivity index (χ0n) is 22.0. The molecule has 1 aliphatic heterocycles. The fourth-order valence-electron chi connectivity index (χ4n) is 5.35. The number of para-hydroxylation sites is 1. The summed E-state index contributed by atoms with van der Waals surface area (Å²) in [6.45, 7) is 3.59. The third-order valence-corrected chi connectivity index (χ3v) is 9.17. The van der Waals surface area contributed by atoms with Crippen molar-refractivity contribution in [2.75, 3.05) is 33.9 Å². The molecule has 9 heteroatoms. The highest BCUT2D eigenvalue weighted by molar-refractivity contribution is 7.89. The maximum absolute atomic E-state index is 14.2. The highest BCUT2D eigenvalue weighted by Crippen LogP contribution is 2.36. The van der Waals surface area contributed by atoms with E-state index in [4.69, 9.17) is 14.2 Å². The van der Waals surface area contributed by atoms with Gasteiger partial charge in [0.25, 0.3) is 5.91 Å². The van der Waals surface area contributed by atoms with Crippen LogP contribution in [0.4, 0.5) is 0 Å². The Kier molecular flexibility index (Phi) is 8.97. The van der Waals surface area contributed by atoms with Crippen LogP contribution < -0.4 is 14.2 Å². The number of sulfonamides is 1. The molecule has 1 fully saturated rings. The maximum Gasteiger partial charge on any atom is 0.257 e. The zero-order chi connectivity index (χ0) is 26.4. The molecule has 1 saturated carbocycles. The van der Waals surface area contributed by atoms with Crippen LogP contribution in [0, 0.1) is 0 Å². The summed E-state index contributed by atoms with van der Waals surface area (Å²) in [5.41, 5.74) is 0.532. The summed E-state index contributed by atoms with van der Waals surface area (Å²) in [4.78, 5) is 15.4. The van der Waals surface area contributed by atoms with Crippen LogP contribution >= 0.6 is 0 Å². The van der Waals surface area contributed by atoms with Crippen LogP contribution in [0.5, 0.6) is 17.2 Å². The quantitative estimate of drug-likeness (QED) is 0.537. The van der Waals surface area contributed by atoms with E-state index in [1.54, 1.807) is 22.5 Å². The first-order valence-electron chi connectivity index (χ1n) is 13.2. The molecule has 0 saturated heterocycles. The van der Waals surface area contributed by atoms with Gasteiger partial charge >= 0.3 is 0 Å². The fraction of sp³-hybridized carbons (Fsp3) is 0.536. The second-order valence-electron chi connectivity index (χ2n) is 9.64. The van der Waals surface area contributed by atoms with Gasteiger partial charge in [-0.3, -0.25) is 4.79 Å². The third-order valence-electron chi connectivity index (χ3n) is 7.23. The van der Waals surface area contributed by atoms with E-state index < -0.39 is 10.0 Å². The number of carbonyl (C=O) groups is 1. The lowest BCUT2D eigenvalue weighted by Gasteiger charge is -2.40. The van der Waals surface area contributed by atoms with Crippen molar-refractivity contribution in [3.8, 4) is 17.2 Å². The van der Waals surface area contributed by atoms with Gasteiger partial charge < -0.3 is 19.1 Å². The number of amides is 1. The van der Waals surface area contributed by atoms with E-state index in [-0.39, 0.29) is 28.7 Å². The van der Waals surface area contributed by atoms with Crippen molar-refractivity contribution < 1.29 is 27.4 Å². The molecule has 0 radical (unpaired) electrons. The maximum atomic E-state index is 14.2. The predicted octanol–water partition coefficient (Wildman–Crippen LogP) is 4.73. The molecule has 1 aliphatic carbocycles. The van der Waals surface area contributed by atoms with Crippen LogP contribution in [-0.2, 0) is 10.0 Å². The smallest absolute Gasteiger partial charge is 0.257 e. The highest BCUT2D eigenvalue weighted by atomic mass is 32.2. The Labute approximate surface area is 220 Å². The zero-order valence-corrected chi connectivity index (χ0v) is 22.8. The molecule has 0 N–H and O–H groups in total. The van der Waals surface area contributed by atoms with Crippen molar-refractivity contribution in [1.29, 1.82) is 0 Å². The molecule has 2 atom stereocenters. The number of ether oxygens (including phenoxy) is 3. The van der Waals surface area contributed by atoms with Crippen molar-refractivity contribution in [2.24, 2.45) is 0 Å². The topological polar surface area (TPSA) is 85.4 Å². The number of methoxy groups -OCH3 is 2. The van der Waals surface area contributed by atoms with Gasteiger partial charge in [-0.05, 0) is 62.8 Å². The summed E-state index contributed by atoms with van der Waals surface area (Å²) in [5.74, 6) is 1.22. The van der Waals surface area contributed by atoms with Gasteiger partial charge in [-0.1, -0.05) is 25.5 Å². The van der Waals surface area contributed by atoms with Gasteiger partial charge in [0.1, 0.15) is 28.2 Å². The standard InChI is InChI=1S/C28H38N2O6S/c1-4-17-29-18-9-10-19-30(37(32,33)27-20-21(34-2)15-16-26(27)35-3)23-12-6-8-14-25(23)36-24-13-7-5-11-22(24)28(29)31/h5,7,11,13,15-16,20,23,25H,4,6,8-10,12,14,17-19H2,1-3H3/t23-,25+/m1/s1. The Morgan fingerprint density at radius 1 is 0.973 bits per heavy atom.